The fourth-order valence-electron chi connectivity index (χ4n) is 0.991. The van der Waals surface area contributed by atoms with Crippen molar-refractivity contribution in [3.8, 4) is 11.8 Å². The van der Waals surface area contributed by atoms with Gasteiger partial charge in [0.1, 0.15) is 17.3 Å². The Morgan fingerprint density at radius 1 is 1.41 bits per heavy atom. The number of nitriles is 1. The molecule has 0 aromatic carbocycles. The number of halogens is 5. The highest BCUT2D eigenvalue weighted by molar-refractivity contribution is 5.57. The average Bonchev–Trinajstić information content (AvgIpc) is 2.18. The Balaban J connectivity index is 3.28. The summed E-state index contributed by atoms with van der Waals surface area (Å²) in [6.07, 6.45) is -8.14. The number of aromatic nitrogens is 1. The first-order valence-electron chi connectivity index (χ1n) is 3.99. The zero-order valence-corrected chi connectivity index (χ0v) is 7.92. The molecule has 1 heterocycles. The summed E-state index contributed by atoms with van der Waals surface area (Å²) in [4.78, 5) is 3.02. The minimum Gasteiger partial charge on any atom is -0.400 e. The summed E-state index contributed by atoms with van der Waals surface area (Å²) in [5.74, 6) is -2.00. The summed E-state index contributed by atoms with van der Waals surface area (Å²) in [5, 5.41) is 8.52. The first-order valence-corrected chi connectivity index (χ1v) is 3.99. The van der Waals surface area contributed by atoms with Gasteiger partial charge in [-0.25, -0.2) is 13.8 Å². The van der Waals surface area contributed by atoms with Crippen molar-refractivity contribution in [3.05, 3.63) is 17.3 Å². The fourth-order valence-corrected chi connectivity index (χ4v) is 0.991. The molecule has 0 spiro atoms. The second-order valence-corrected chi connectivity index (χ2v) is 2.77. The molecule has 0 amide bonds. The molecule has 1 aromatic heterocycles. The van der Waals surface area contributed by atoms with E-state index < -0.39 is 35.6 Å². The number of pyridine rings is 1. The van der Waals surface area contributed by atoms with Crippen LogP contribution < -0.4 is 10.5 Å². The standard InChI is InChI=1S/C8H4F5N3O/c9-6(10)4-1-3(2-14)5(7(15)16-4)17-8(11,12)13/h1,6H,(H2,15,16). The van der Waals surface area contributed by atoms with Crippen molar-refractivity contribution in [2.45, 2.75) is 12.8 Å². The van der Waals surface area contributed by atoms with Crippen LogP contribution in [0.5, 0.6) is 5.75 Å². The number of anilines is 1. The van der Waals surface area contributed by atoms with Crippen LogP contribution in [0.1, 0.15) is 17.7 Å². The van der Waals surface area contributed by atoms with Crippen LogP contribution in [0.3, 0.4) is 0 Å². The minimum atomic E-state index is -5.09. The number of rotatable bonds is 2. The molecule has 17 heavy (non-hydrogen) atoms. The molecule has 0 aliphatic carbocycles. The van der Waals surface area contributed by atoms with Crippen LogP contribution in [0, 0.1) is 11.3 Å². The maximum absolute atomic E-state index is 12.2. The smallest absolute Gasteiger partial charge is 0.400 e. The van der Waals surface area contributed by atoms with Crippen molar-refractivity contribution in [1.82, 2.24) is 4.98 Å². The zero-order valence-electron chi connectivity index (χ0n) is 7.92. The van der Waals surface area contributed by atoms with E-state index in [1.807, 2.05) is 0 Å². The van der Waals surface area contributed by atoms with Crippen LogP contribution in [-0.4, -0.2) is 11.3 Å². The van der Waals surface area contributed by atoms with Crippen molar-refractivity contribution in [2.75, 3.05) is 5.73 Å². The van der Waals surface area contributed by atoms with Gasteiger partial charge in [0.25, 0.3) is 6.43 Å². The molecule has 0 atom stereocenters. The Labute approximate surface area is 91.4 Å². The summed E-state index contributed by atoms with van der Waals surface area (Å²) in [7, 11) is 0. The van der Waals surface area contributed by atoms with Gasteiger partial charge in [-0.3, -0.25) is 0 Å². The molecule has 92 valence electrons. The third-order valence-corrected chi connectivity index (χ3v) is 1.58. The number of nitrogens with zero attached hydrogens (tertiary/aromatic N) is 2. The van der Waals surface area contributed by atoms with Gasteiger partial charge in [0.15, 0.2) is 11.6 Å². The van der Waals surface area contributed by atoms with Gasteiger partial charge in [0.05, 0.1) is 0 Å². The van der Waals surface area contributed by atoms with Gasteiger partial charge in [-0.1, -0.05) is 0 Å². The van der Waals surface area contributed by atoms with E-state index in [-0.39, 0.29) is 0 Å². The predicted octanol–water partition coefficient (Wildman–Crippen LogP) is 2.37. The molecule has 2 N–H and O–H groups in total. The van der Waals surface area contributed by atoms with Crippen LogP contribution in [0.2, 0.25) is 0 Å². The molecule has 0 aliphatic rings. The van der Waals surface area contributed by atoms with Crippen LogP contribution in [0.15, 0.2) is 6.07 Å². The summed E-state index contributed by atoms with van der Waals surface area (Å²) in [5.41, 5.74) is 3.37. The quantitative estimate of drug-likeness (QED) is 0.821. The molecule has 0 saturated carbocycles. The molecule has 0 bridgehead atoms. The van der Waals surface area contributed by atoms with Gasteiger partial charge in [-0.15, -0.1) is 13.2 Å². The van der Waals surface area contributed by atoms with Crippen LogP contribution in [0.4, 0.5) is 27.8 Å². The number of nitrogen functional groups attached to an aromatic ring is 1. The number of hydrogen-bond acceptors (Lipinski definition) is 4. The number of hydrogen-bond donors (Lipinski definition) is 1. The third kappa shape index (κ3) is 3.17. The van der Waals surface area contributed by atoms with Crippen LogP contribution in [0.25, 0.3) is 0 Å². The summed E-state index contributed by atoms with van der Waals surface area (Å²) < 4.78 is 63.7. The fraction of sp³-hybridized carbons (Fsp3) is 0.250. The van der Waals surface area contributed by atoms with E-state index in [0.717, 1.165) is 0 Å². The highest BCUT2D eigenvalue weighted by Crippen LogP contribution is 2.32. The lowest BCUT2D eigenvalue weighted by atomic mass is 10.2. The molecule has 4 nitrogen and oxygen atoms in total. The Bertz CT molecular complexity index is 465. The first kappa shape index (κ1) is 13.0. The largest absolute Gasteiger partial charge is 0.573 e. The van der Waals surface area contributed by atoms with Crippen LogP contribution >= 0.6 is 0 Å². The van der Waals surface area contributed by atoms with Crippen molar-refractivity contribution in [1.29, 1.82) is 5.26 Å². The molecule has 9 heteroatoms. The minimum absolute atomic E-state index is 0.488. The molecule has 0 radical (unpaired) electrons. The second-order valence-electron chi connectivity index (χ2n) is 2.77. The Kier molecular flexibility index (Phi) is 3.36. The molecule has 0 saturated heterocycles. The molecule has 0 aliphatic heterocycles. The normalized spacial score (nSPS) is 11.4. The van der Waals surface area contributed by atoms with Gasteiger partial charge in [0, 0.05) is 0 Å². The molecule has 1 rings (SSSR count). The Hall–Kier alpha value is -2.11. The SMILES string of the molecule is N#Cc1cc(C(F)F)nc(N)c1OC(F)(F)F. The number of alkyl halides is 5. The monoisotopic (exact) mass is 253 g/mol. The van der Waals surface area contributed by atoms with Crippen molar-refractivity contribution in [2.24, 2.45) is 0 Å². The lowest BCUT2D eigenvalue weighted by Crippen LogP contribution is -2.19. The van der Waals surface area contributed by atoms with Gasteiger partial charge in [-0.2, -0.15) is 5.26 Å². The maximum Gasteiger partial charge on any atom is 0.573 e. The first-order chi connectivity index (χ1) is 7.74. The van der Waals surface area contributed by atoms with Gasteiger partial charge < -0.3 is 10.5 Å². The molecular formula is C8H4F5N3O. The molecule has 1 aromatic rings. The highest BCUT2D eigenvalue weighted by Gasteiger charge is 2.34. The molecule has 0 fully saturated rings. The molecule has 0 unspecified atom stereocenters. The number of nitrogens with two attached hydrogens (primary N) is 1. The van der Waals surface area contributed by atoms with E-state index in [1.165, 1.54) is 6.07 Å². The van der Waals surface area contributed by atoms with E-state index in [4.69, 9.17) is 11.0 Å². The highest BCUT2D eigenvalue weighted by atomic mass is 19.4. The van der Waals surface area contributed by atoms with Gasteiger partial charge in [0.2, 0.25) is 0 Å². The van der Waals surface area contributed by atoms with E-state index in [2.05, 4.69) is 9.72 Å². The maximum atomic E-state index is 12.2. The zero-order chi connectivity index (χ0) is 13.2. The second kappa shape index (κ2) is 4.40. The third-order valence-electron chi connectivity index (χ3n) is 1.58. The van der Waals surface area contributed by atoms with Crippen molar-refractivity contribution >= 4 is 5.82 Å². The Morgan fingerprint density at radius 2 is 2.00 bits per heavy atom. The average molecular weight is 253 g/mol. The van der Waals surface area contributed by atoms with Crippen LogP contribution in [-0.2, 0) is 0 Å². The van der Waals surface area contributed by atoms with E-state index in [0.29, 0.717) is 6.07 Å². The summed E-state index contributed by atoms with van der Waals surface area (Å²) in [6, 6.07) is 1.76. The van der Waals surface area contributed by atoms with Gasteiger partial charge in [-0.05, 0) is 6.07 Å². The van der Waals surface area contributed by atoms with Crippen molar-refractivity contribution in [3.63, 3.8) is 0 Å². The topological polar surface area (TPSA) is 71.9 Å². The summed E-state index contributed by atoms with van der Waals surface area (Å²) in [6.45, 7) is 0. The molecular weight excluding hydrogens is 249 g/mol. The lowest BCUT2D eigenvalue weighted by Gasteiger charge is -2.12. The van der Waals surface area contributed by atoms with E-state index in [1.54, 1.807) is 0 Å². The van der Waals surface area contributed by atoms with Gasteiger partial charge >= 0.3 is 6.36 Å². The predicted molar refractivity (Wildman–Crippen MR) is 45.0 cm³/mol. The summed E-state index contributed by atoms with van der Waals surface area (Å²) >= 11 is 0. The number of ether oxygens (including phenoxy) is 1. The lowest BCUT2D eigenvalue weighted by molar-refractivity contribution is -0.274. The van der Waals surface area contributed by atoms with E-state index >= 15 is 0 Å². The Morgan fingerprint density at radius 3 is 2.41 bits per heavy atom. The van der Waals surface area contributed by atoms with E-state index in [9.17, 15) is 22.0 Å². The van der Waals surface area contributed by atoms with Crippen molar-refractivity contribution < 1.29 is 26.7 Å².